The van der Waals surface area contributed by atoms with E-state index in [0.717, 1.165) is 6.42 Å². The Hall–Kier alpha value is -2.24. The Balaban J connectivity index is 2.79. The molecule has 0 heterocycles. The minimum atomic E-state index is -0.638. The van der Waals surface area contributed by atoms with Crippen LogP contribution in [0.15, 0.2) is 29.4 Å². The van der Waals surface area contributed by atoms with Crippen molar-refractivity contribution in [3.63, 3.8) is 0 Å². The van der Waals surface area contributed by atoms with E-state index in [2.05, 4.69) is 10.5 Å². The number of oxime groups is 1. The normalized spacial score (nSPS) is 12.8. The number of nitrogens with one attached hydrogen (secondary N) is 1. The van der Waals surface area contributed by atoms with E-state index in [1.807, 2.05) is 19.9 Å². The number of carbonyl (C=O) groups is 1. The van der Waals surface area contributed by atoms with Crippen molar-refractivity contribution in [3.05, 3.63) is 24.3 Å². The maximum absolute atomic E-state index is 12.1. The first-order chi connectivity index (χ1) is 9.62. The maximum Gasteiger partial charge on any atom is 0.235 e. The number of benzene rings is 1. The molecule has 1 amide bonds. The molecule has 0 aliphatic rings. The molecule has 110 valence electrons. The van der Waals surface area contributed by atoms with Gasteiger partial charge in [-0.2, -0.15) is 0 Å². The van der Waals surface area contributed by atoms with Crippen molar-refractivity contribution < 1.29 is 14.7 Å². The number of nitrogens with two attached hydrogens (primary N) is 1. The first-order valence-corrected chi connectivity index (χ1v) is 6.63. The quantitative estimate of drug-likeness (QED) is 0.308. The lowest BCUT2D eigenvalue weighted by Gasteiger charge is -2.15. The lowest BCUT2D eigenvalue weighted by molar-refractivity contribution is -0.118. The van der Waals surface area contributed by atoms with Gasteiger partial charge in [-0.15, -0.1) is 0 Å². The van der Waals surface area contributed by atoms with Crippen LogP contribution in [0.1, 0.15) is 26.7 Å². The number of rotatable bonds is 7. The number of carbonyl (C=O) groups excluding carboxylic acids is 1. The number of amidine groups is 1. The summed E-state index contributed by atoms with van der Waals surface area (Å²) in [7, 11) is 0. The van der Waals surface area contributed by atoms with Gasteiger partial charge in [0.15, 0.2) is 5.84 Å². The molecule has 0 aromatic heterocycles. The molecule has 0 bridgehead atoms. The third-order valence-electron chi connectivity index (χ3n) is 2.78. The fourth-order valence-corrected chi connectivity index (χ4v) is 1.83. The Morgan fingerprint density at radius 1 is 1.50 bits per heavy atom. The molecule has 6 heteroatoms. The maximum atomic E-state index is 12.1. The Labute approximate surface area is 118 Å². The third kappa shape index (κ3) is 4.46. The minimum Gasteiger partial charge on any atom is -0.494 e. The fourth-order valence-electron chi connectivity index (χ4n) is 1.83. The van der Waals surface area contributed by atoms with Crippen molar-refractivity contribution in [3.8, 4) is 5.75 Å². The van der Waals surface area contributed by atoms with E-state index < -0.39 is 5.92 Å². The number of amides is 1. The number of hydrogen-bond donors (Lipinski definition) is 3. The van der Waals surface area contributed by atoms with Crippen LogP contribution in [0.5, 0.6) is 5.75 Å². The van der Waals surface area contributed by atoms with E-state index in [-0.39, 0.29) is 11.7 Å². The molecule has 0 radical (unpaired) electrons. The summed E-state index contributed by atoms with van der Waals surface area (Å²) in [6, 6.07) is 7.09. The number of ether oxygens (including phenoxy) is 1. The lowest BCUT2D eigenvalue weighted by Crippen LogP contribution is -2.34. The van der Waals surface area contributed by atoms with Gasteiger partial charge in [-0.05, 0) is 25.5 Å². The van der Waals surface area contributed by atoms with Crippen LogP contribution in [0.2, 0.25) is 0 Å². The fraction of sp³-hybridized carbons (Fsp3) is 0.429. The third-order valence-corrected chi connectivity index (χ3v) is 2.78. The van der Waals surface area contributed by atoms with E-state index >= 15 is 0 Å². The molecule has 6 nitrogen and oxygen atoms in total. The Bertz CT molecular complexity index is 474. The summed E-state index contributed by atoms with van der Waals surface area (Å²) in [5.74, 6) is -0.331. The van der Waals surface area contributed by atoms with Gasteiger partial charge in [0.2, 0.25) is 5.91 Å². The highest BCUT2D eigenvalue weighted by molar-refractivity contribution is 6.07. The van der Waals surface area contributed by atoms with Crippen molar-refractivity contribution in [2.45, 2.75) is 26.7 Å². The Kier molecular flexibility index (Phi) is 6.36. The van der Waals surface area contributed by atoms with Gasteiger partial charge in [0.05, 0.1) is 12.5 Å². The molecule has 4 N–H and O–H groups in total. The minimum absolute atomic E-state index is 0.0784. The molecular formula is C14H21N3O3. The predicted molar refractivity (Wildman–Crippen MR) is 78.0 cm³/mol. The van der Waals surface area contributed by atoms with E-state index in [9.17, 15) is 4.79 Å². The van der Waals surface area contributed by atoms with Crippen LogP contribution in [-0.4, -0.2) is 23.6 Å². The Morgan fingerprint density at radius 3 is 2.85 bits per heavy atom. The summed E-state index contributed by atoms with van der Waals surface area (Å²) < 4.78 is 5.36. The molecule has 1 rings (SSSR count). The highest BCUT2D eigenvalue weighted by Crippen LogP contribution is 2.19. The molecule has 0 spiro atoms. The molecule has 0 saturated carbocycles. The smallest absolute Gasteiger partial charge is 0.235 e. The highest BCUT2D eigenvalue weighted by Gasteiger charge is 2.22. The number of anilines is 1. The molecule has 0 fully saturated rings. The van der Waals surface area contributed by atoms with Crippen LogP contribution in [0.4, 0.5) is 5.69 Å². The number of nitrogens with zero attached hydrogens (tertiary/aromatic N) is 1. The molecule has 1 aromatic carbocycles. The lowest BCUT2D eigenvalue weighted by atomic mass is 10.0. The molecule has 1 aromatic rings. The van der Waals surface area contributed by atoms with Crippen LogP contribution >= 0.6 is 0 Å². The number of hydrogen-bond acceptors (Lipinski definition) is 4. The first-order valence-electron chi connectivity index (χ1n) is 6.63. The summed E-state index contributed by atoms with van der Waals surface area (Å²) in [6.45, 7) is 4.38. The predicted octanol–water partition coefficient (Wildman–Crippen LogP) is 2.19. The van der Waals surface area contributed by atoms with E-state index in [1.54, 1.807) is 18.2 Å². The summed E-state index contributed by atoms with van der Waals surface area (Å²) >= 11 is 0. The van der Waals surface area contributed by atoms with Gasteiger partial charge >= 0.3 is 0 Å². The topological polar surface area (TPSA) is 96.9 Å². The molecule has 0 aliphatic heterocycles. The SMILES string of the molecule is CCCC(C(=O)Nc1cccc(OCC)c1)C(N)=NO. The van der Waals surface area contributed by atoms with Gasteiger partial charge in [-0.25, -0.2) is 0 Å². The zero-order valence-corrected chi connectivity index (χ0v) is 11.8. The summed E-state index contributed by atoms with van der Waals surface area (Å²) in [5, 5.41) is 14.4. The monoisotopic (exact) mass is 279 g/mol. The van der Waals surface area contributed by atoms with Gasteiger partial charge in [-0.1, -0.05) is 24.6 Å². The first kappa shape index (κ1) is 15.8. The molecule has 20 heavy (non-hydrogen) atoms. The van der Waals surface area contributed by atoms with Crippen LogP contribution in [-0.2, 0) is 4.79 Å². The van der Waals surface area contributed by atoms with Crippen molar-refractivity contribution in [2.75, 3.05) is 11.9 Å². The van der Waals surface area contributed by atoms with Gasteiger partial charge in [-0.3, -0.25) is 4.79 Å². The van der Waals surface area contributed by atoms with Gasteiger partial charge in [0.1, 0.15) is 5.75 Å². The molecule has 1 unspecified atom stereocenters. The van der Waals surface area contributed by atoms with Crippen molar-refractivity contribution in [2.24, 2.45) is 16.8 Å². The van der Waals surface area contributed by atoms with Crippen LogP contribution < -0.4 is 15.8 Å². The summed E-state index contributed by atoms with van der Waals surface area (Å²) in [5.41, 5.74) is 6.17. The molecule has 0 aliphatic carbocycles. The summed E-state index contributed by atoms with van der Waals surface area (Å²) in [6.07, 6.45) is 1.28. The second-order valence-electron chi connectivity index (χ2n) is 4.32. The average Bonchev–Trinajstić information content (AvgIpc) is 2.44. The van der Waals surface area contributed by atoms with Gasteiger partial charge < -0.3 is 21.0 Å². The van der Waals surface area contributed by atoms with Crippen LogP contribution in [0.25, 0.3) is 0 Å². The van der Waals surface area contributed by atoms with Crippen LogP contribution in [0, 0.1) is 5.92 Å². The van der Waals surface area contributed by atoms with Crippen molar-refractivity contribution in [1.29, 1.82) is 0 Å². The molecular weight excluding hydrogens is 258 g/mol. The molecule has 1 atom stereocenters. The van der Waals surface area contributed by atoms with E-state index in [1.165, 1.54) is 0 Å². The second-order valence-corrected chi connectivity index (χ2v) is 4.32. The van der Waals surface area contributed by atoms with Gasteiger partial charge in [0.25, 0.3) is 0 Å². The Morgan fingerprint density at radius 2 is 2.25 bits per heavy atom. The second kappa shape index (κ2) is 8.04. The van der Waals surface area contributed by atoms with E-state index in [4.69, 9.17) is 15.7 Å². The largest absolute Gasteiger partial charge is 0.494 e. The highest BCUT2D eigenvalue weighted by atomic mass is 16.5. The summed E-state index contributed by atoms with van der Waals surface area (Å²) in [4.78, 5) is 12.1. The average molecular weight is 279 g/mol. The standard InChI is InChI=1S/C14H21N3O3/c1-3-6-12(13(15)17-19)14(18)16-10-7-5-8-11(9-10)20-4-2/h5,7-9,12,19H,3-4,6H2,1-2H3,(H2,15,17)(H,16,18). The van der Waals surface area contributed by atoms with Crippen molar-refractivity contribution in [1.82, 2.24) is 0 Å². The van der Waals surface area contributed by atoms with Crippen LogP contribution in [0.3, 0.4) is 0 Å². The zero-order chi connectivity index (χ0) is 15.0. The molecule has 0 saturated heterocycles. The van der Waals surface area contributed by atoms with E-state index in [0.29, 0.717) is 24.5 Å². The zero-order valence-electron chi connectivity index (χ0n) is 11.8. The van der Waals surface area contributed by atoms with Crippen molar-refractivity contribution >= 4 is 17.4 Å². The van der Waals surface area contributed by atoms with Gasteiger partial charge in [0, 0.05) is 11.8 Å².